The quantitative estimate of drug-likeness (QED) is 0.0798. The second-order valence-corrected chi connectivity index (χ2v) is 11.7. The number of fused-ring (bicyclic) bond motifs is 1. The van der Waals surface area contributed by atoms with Crippen molar-refractivity contribution in [3.05, 3.63) is 96.2 Å². The van der Waals surface area contributed by atoms with Gasteiger partial charge in [-0.3, -0.25) is 29.9 Å². The molecule has 0 bridgehead atoms. The van der Waals surface area contributed by atoms with Crippen LogP contribution in [0.2, 0.25) is 0 Å². The number of benzene rings is 2. The van der Waals surface area contributed by atoms with E-state index in [1.165, 1.54) is 24.3 Å². The number of alkyl halides is 3. The Morgan fingerprint density at radius 2 is 1.71 bits per heavy atom. The summed E-state index contributed by atoms with van der Waals surface area (Å²) in [6, 6.07) is 11.1. The fourth-order valence-electron chi connectivity index (χ4n) is 4.73. The lowest BCUT2D eigenvalue weighted by atomic mass is 10.00. The van der Waals surface area contributed by atoms with Crippen LogP contribution in [0.1, 0.15) is 49.3 Å². The number of esters is 1. The zero-order chi connectivity index (χ0) is 35.8. The van der Waals surface area contributed by atoms with Gasteiger partial charge in [0.05, 0.1) is 18.0 Å². The highest BCUT2D eigenvalue weighted by molar-refractivity contribution is 7.12. The Hall–Kier alpha value is -5.32. The molecular weight excluding hydrogens is 659 g/mol. The summed E-state index contributed by atoms with van der Waals surface area (Å²) in [6.07, 6.45) is -4.14. The second kappa shape index (κ2) is 16.0. The number of ether oxygens (including phenoxy) is 1. The molecule has 0 saturated heterocycles. The number of halogens is 3. The third-order valence-electron chi connectivity index (χ3n) is 7.22. The first-order valence-corrected chi connectivity index (χ1v) is 15.2. The van der Waals surface area contributed by atoms with E-state index in [0.29, 0.717) is 42.8 Å². The number of hydrogen-bond donors (Lipinski definition) is 4. The van der Waals surface area contributed by atoms with Crippen LogP contribution in [0.3, 0.4) is 0 Å². The first kappa shape index (κ1) is 37.1. The maximum Gasteiger partial charge on any atom is 0.490 e. The first-order chi connectivity index (χ1) is 22.5. The highest BCUT2D eigenvalue weighted by Crippen LogP contribution is 2.33. The van der Waals surface area contributed by atoms with Crippen LogP contribution in [0, 0.1) is 22.4 Å². The summed E-state index contributed by atoms with van der Waals surface area (Å²) in [6.45, 7) is 4.82. The molecule has 0 fully saturated rings. The van der Waals surface area contributed by atoms with Crippen molar-refractivity contribution in [3.8, 4) is 0 Å². The number of rotatable bonds is 10. The van der Waals surface area contributed by atoms with E-state index >= 15 is 0 Å². The molecule has 4 rings (SSSR count). The Morgan fingerprint density at radius 3 is 2.23 bits per heavy atom. The van der Waals surface area contributed by atoms with Crippen LogP contribution in [0.4, 0.5) is 18.9 Å². The van der Waals surface area contributed by atoms with Gasteiger partial charge in [-0.1, -0.05) is 24.3 Å². The summed E-state index contributed by atoms with van der Waals surface area (Å²) in [5.74, 6) is -3.92. The van der Waals surface area contributed by atoms with E-state index in [9.17, 15) is 37.7 Å². The van der Waals surface area contributed by atoms with Gasteiger partial charge in [0, 0.05) is 52.5 Å². The van der Waals surface area contributed by atoms with Crippen LogP contribution in [0.25, 0.3) is 0 Å². The molecule has 48 heavy (non-hydrogen) atoms. The molecule has 0 spiro atoms. The monoisotopic (exact) mass is 691 g/mol. The number of carboxylic acid groups (broad SMARTS) is 1. The molecule has 0 radical (unpaired) electrons. The van der Waals surface area contributed by atoms with Gasteiger partial charge in [0.15, 0.2) is 0 Å². The third kappa shape index (κ3) is 9.84. The van der Waals surface area contributed by atoms with Crippen molar-refractivity contribution in [1.29, 1.82) is 5.41 Å². The number of non-ortho nitro benzene ring substituents is 1. The average Bonchev–Trinajstić information content (AvgIpc) is 3.34. The number of nitrogen functional groups attached to an aromatic ring is 1. The molecule has 1 aliphatic heterocycles. The summed E-state index contributed by atoms with van der Waals surface area (Å²) in [7, 11) is 0. The largest absolute Gasteiger partial charge is 0.490 e. The fraction of sp³-hybridized carbons (Fsp3) is 0.323. The Morgan fingerprint density at radius 1 is 1.12 bits per heavy atom. The fourth-order valence-corrected chi connectivity index (χ4v) is 6.03. The summed E-state index contributed by atoms with van der Waals surface area (Å²) in [5, 5.41) is 28.6. The van der Waals surface area contributed by atoms with Gasteiger partial charge in [0.25, 0.3) is 11.6 Å². The van der Waals surface area contributed by atoms with Crippen molar-refractivity contribution in [2.75, 3.05) is 13.2 Å². The molecule has 1 aliphatic rings. The lowest BCUT2D eigenvalue weighted by Gasteiger charge is -2.31. The van der Waals surface area contributed by atoms with Gasteiger partial charge < -0.3 is 25.8 Å². The number of carbonyl (C=O) groups is 4. The molecule has 256 valence electrons. The normalized spacial score (nSPS) is 12.9. The number of carbonyl (C=O) groups excluding carboxylic acids is 3. The Balaban J connectivity index is 0.000000804. The topological polar surface area (TPSA) is 206 Å². The number of nitrogens with two attached hydrogens (primary N) is 1. The molecule has 2 aromatic carbocycles. The summed E-state index contributed by atoms with van der Waals surface area (Å²) < 4.78 is 36.8. The van der Waals surface area contributed by atoms with Gasteiger partial charge in [-0.25, -0.2) is 4.79 Å². The number of thiophene rings is 1. The molecule has 2 heterocycles. The number of nitrogens with one attached hydrogen (secondary N) is 2. The minimum atomic E-state index is -5.08. The van der Waals surface area contributed by atoms with Crippen LogP contribution >= 0.6 is 11.3 Å². The highest BCUT2D eigenvalue weighted by atomic mass is 32.1. The van der Waals surface area contributed by atoms with Gasteiger partial charge in [-0.05, 0) is 49.1 Å². The number of nitro groups is 1. The van der Waals surface area contributed by atoms with Gasteiger partial charge in [-0.15, -0.1) is 11.3 Å². The molecule has 0 saturated carbocycles. The molecule has 3 aromatic rings. The van der Waals surface area contributed by atoms with Crippen LogP contribution in [0.5, 0.6) is 0 Å². The summed E-state index contributed by atoms with van der Waals surface area (Å²) in [4.78, 5) is 62.3. The minimum absolute atomic E-state index is 0.0682. The van der Waals surface area contributed by atoms with Crippen molar-refractivity contribution in [2.45, 2.75) is 51.9 Å². The zero-order valence-electron chi connectivity index (χ0n) is 25.8. The van der Waals surface area contributed by atoms with Gasteiger partial charge >= 0.3 is 18.1 Å². The summed E-state index contributed by atoms with van der Waals surface area (Å²) in [5.41, 5.74) is 8.84. The van der Waals surface area contributed by atoms with Crippen molar-refractivity contribution in [1.82, 2.24) is 10.2 Å². The predicted molar refractivity (Wildman–Crippen MR) is 168 cm³/mol. The molecule has 2 amide bonds. The number of aliphatic carboxylic acids is 1. The molecular formula is C31H32F3N5O8S. The van der Waals surface area contributed by atoms with Crippen LogP contribution < -0.4 is 11.1 Å². The van der Waals surface area contributed by atoms with Gasteiger partial charge in [0.1, 0.15) is 11.9 Å². The molecule has 1 aromatic heterocycles. The Bertz CT molecular complexity index is 1690. The number of nitrogens with zero attached hydrogens (tertiary/aromatic N) is 2. The maximum atomic E-state index is 13.9. The van der Waals surface area contributed by atoms with Crippen molar-refractivity contribution < 1.29 is 47.1 Å². The summed E-state index contributed by atoms with van der Waals surface area (Å²) >= 11 is 1.57. The molecule has 5 N–H and O–H groups in total. The smallest absolute Gasteiger partial charge is 0.475 e. The van der Waals surface area contributed by atoms with E-state index in [0.717, 1.165) is 20.9 Å². The van der Waals surface area contributed by atoms with E-state index in [1.54, 1.807) is 47.4 Å². The van der Waals surface area contributed by atoms with E-state index in [4.69, 9.17) is 25.8 Å². The van der Waals surface area contributed by atoms with E-state index in [-0.39, 0.29) is 36.2 Å². The van der Waals surface area contributed by atoms with Gasteiger partial charge in [-0.2, -0.15) is 13.2 Å². The molecule has 0 unspecified atom stereocenters. The molecule has 13 nitrogen and oxygen atoms in total. The van der Waals surface area contributed by atoms with Crippen LogP contribution in [-0.4, -0.2) is 69.9 Å². The van der Waals surface area contributed by atoms with Crippen LogP contribution in [-0.2, 0) is 44.9 Å². The zero-order valence-corrected chi connectivity index (χ0v) is 26.6. The Kier molecular flexibility index (Phi) is 12.4. The second-order valence-electron chi connectivity index (χ2n) is 10.5. The maximum absolute atomic E-state index is 13.9. The SMILES string of the molecule is CCOC(=O)Cc1sc2c(c1C)CN(C(=O)[C@H](Cc1ccc([N+](=O)[O-])cc1)NC(=O)c1ccc(C(=N)N)cc1)CC2.O=C(O)C(F)(F)F. The van der Waals surface area contributed by atoms with E-state index in [1.807, 2.05) is 6.92 Å². The third-order valence-corrected chi connectivity index (χ3v) is 8.62. The standard InChI is InChI=1S/C29H31N5O6S.C2HF3O2/c1-3-40-26(35)15-25-17(2)22-16-33(13-12-24(22)41-25)29(37)23(14-18-4-10-21(11-5-18)34(38)39)32-28(36)20-8-6-19(7-9-20)27(30)31;3-2(4,5)1(6)7/h4-11,23H,3,12-16H2,1-2H3,(H3,30,31)(H,32,36);(H,6,7)/t23-;/m0./s1. The number of amidine groups is 1. The first-order valence-electron chi connectivity index (χ1n) is 14.3. The van der Waals surface area contributed by atoms with Gasteiger partial charge in [0.2, 0.25) is 5.91 Å². The molecule has 1 atom stereocenters. The molecule has 17 heteroatoms. The van der Waals surface area contributed by atoms with Crippen molar-refractivity contribution in [2.24, 2.45) is 5.73 Å². The van der Waals surface area contributed by atoms with Crippen LogP contribution in [0.15, 0.2) is 48.5 Å². The average molecular weight is 692 g/mol. The number of amides is 2. The minimum Gasteiger partial charge on any atom is -0.475 e. The number of carboxylic acids is 1. The number of hydrogen-bond acceptors (Lipinski definition) is 9. The Labute approximate surface area is 276 Å². The highest BCUT2D eigenvalue weighted by Gasteiger charge is 2.38. The predicted octanol–water partition coefficient (Wildman–Crippen LogP) is 3.91. The van der Waals surface area contributed by atoms with E-state index < -0.39 is 29.0 Å². The lowest BCUT2D eigenvalue weighted by Crippen LogP contribution is -2.50. The van der Waals surface area contributed by atoms with E-state index in [2.05, 4.69) is 5.32 Å². The van der Waals surface area contributed by atoms with Crippen molar-refractivity contribution in [3.63, 3.8) is 0 Å². The van der Waals surface area contributed by atoms with Crippen molar-refractivity contribution >= 4 is 46.6 Å². The number of nitro benzene ring substituents is 1. The molecule has 0 aliphatic carbocycles. The lowest BCUT2D eigenvalue weighted by molar-refractivity contribution is -0.384.